The Kier molecular flexibility index (Phi) is 5.32. The molecule has 1 N–H and O–H groups in total. The Labute approximate surface area is 159 Å². The zero-order chi connectivity index (χ0) is 19.6. The van der Waals surface area contributed by atoms with Crippen molar-refractivity contribution in [3.63, 3.8) is 0 Å². The van der Waals surface area contributed by atoms with Crippen LogP contribution >= 0.6 is 0 Å². The average Bonchev–Trinajstić information content (AvgIpc) is 3.00. The van der Waals surface area contributed by atoms with Crippen molar-refractivity contribution in [1.29, 1.82) is 0 Å². The minimum Gasteiger partial charge on any atom is -0.338 e. The normalized spacial score (nSPS) is 18.1. The van der Waals surface area contributed by atoms with E-state index in [0.29, 0.717) is 23.2 Å². The van der Waals surface area contributed by atoms with Gasteiger partial charge in [-0.05, 0) is 55.3 Å². The van der Waals surface area contributed by atoms with Crippen molar-refractivity contribution in [3.8, 4) is 0 Å². The molecule has 2 aromatic rings. The maximum Gasteiger partial charge on any atom is 0.255 e. The molecule has 27 heavy (non-hydrogen) atoms. The highest BCUT2D eigenvalue weighted by atomic mass is 32.2. The van der Waals surface area contributed by atoms with Gasteiger partial charge in [-0.15, -0.1) is 0 Å². The quantitative estimate of drug-likeness (QED) is 0.875. The second kappa shape index (κ2) is 7.52. The lowest BCUT2D eigenvalue weighted by atomic mass is 10.1. The summed E-state index contributed by atoms with van der Waals surface area (Å²) < 4.78 is 23.2. The molecule has 0 saturated carbocycles. The molecule has 1 atom stereocenters. The van der Waals surface area contributed by atoms with Gasteiger partial charge >= 0.3 is 0 Å². The standard InChI is InChI=1S/C20H22N2O4S/c1-14-4-3-5-17(12-14)21-19(23)15-6-8-16(9-7-15)20(24)22(2)18-10-11-27(25,26)13-18/h3-9,12,18H,10-11,13H2,1-2H3,(H,21,23). The molecule has 1 heterocycles. The van der Waals surface area contributed by atoms with E-state index in [1.54, 1.807) is 31.3 Å². The number of nitrogens with one attached hydrogen (secondary N) is 1. The molecule has 1 saturated heterocycles. The predicted octanol–water partition coefficient (Wildman–Crippen LogP) is 2.51. The molecule has 1 unspecified atom stereocenters. The zero-order valence-electron chi connectivity index (χ0n) is 15.3. The lowest BCUT2D eigenvalue weighted by Gasteiger charge is -2.23. The molecule has 0 bridgehead atoms. The molecule has 1 fully saturated rings. The minimum atomic E-state index is -3.05. The summed E-state index contributed by atoms with van der Waals surface area (Å²) in [5.74, 6) is -0.378. The van der Waals surface area contributed by atoms with Crippen LogP contribution in [0.4, 0.5) is 5.69 Å². The molecule has 0 aliphatic carbocycles. The molecule has 0 spiro atoms. The molecule has 0 radical (unpaired) electrons. The van der Waals surface area contributed by atoms with Crippen molar-refractivity contribution in [2.75, 3.05) is 23.9 Å². The number of sulfone groups is 1. The summed E-state index contributed by atoms with van der Waals surface area (Å²) >= 11 is 0. The number of aryl methyl sites for hydroxylation is 1. The van der Waals surface area contributed by atoms with Gasteiger partial charge in [-0.2, -0.15) is 0 Å². The van der Waals surface area contributed by atoms with Crippen LogP contribution in [-0.4, -0.2) is 49.7 Å². The average molecular weight is 386 g/mol. The molecule has 2 aromatic carbocycles. The van der Waals surface area contributed by atoms with Gasteiger partial charge in [-0.25, -0.2) is 8.42 Å². The van der Waals surface area contributed by atoms with E-state index in [0.717, 1.165) is 5.56 Å². The Morgan fingerprint density at radius 2 is 1.74 bits per heavy atom. The molecular formula is C20H22N2O4S. The molecule has 6 nitrogen and oxygen atoms in total. The summed E-state index contributed by atoms with van der Waals surface area (Å²) in [6.45, 7) is 1.95. The summed E-state index contributed by atoms with van der Waals surface area (Å²) in [4.78, 5) is 26.4. The molecular weight excluding hydrogens is 364 g/mol. The Morgan fingerprint density at radius 3 is 2.33 bits per heavy atom. The van der Waals surface area contributed by atoms with Crippen LogP contribution in [0.2, 0.25) is 0 Å². The van der Waals surface area contributed by atoms with E-state index in [2.05, 4.69) is 5.32 Å². The molecule has 142 valence electrons. The SMILES string of the molecule is Cc1cccc(NC(=O)c2ccc(C(=O)N(C)C3CCS(=O)(=O)C3)cc2)c1. The van der Waals surface area contributed by atoms with E-state index < -0.39 is 9.84 Å². The van der Waals surface area contributed by atoms with Gasteiger partial charge in [0.25, 0.3) is 11.8 Å². The van der Waals surface area contributed by atoms with Crippen LogP contribution in [-0.2, 0) is 9.84 Å². The molecule has 2 amide bonds. The first-order chi connectivity index (χ1) is 12.7. The van der Waals surface area contributed by atoms with Crippen LogP contribution in [0.5, 0.6) is 0 Å². The number of hydrogen-bond donors (Lipinski definition) is 1. The second-order valence-corrected chi connectivity index (χ2v) is 9.10. The van der Waals surface area contributed by atoms with Gasteiger partial charge in [0, 0.05) is 29.9 Å². The zero-order valence-corrected chi connectivity index (χ0v) is 16.1. The number of benzene rings is 2. The molecule has 3 rings (SSSR count). The summed E-state index contributed by atoms with van der Waals surface area (Å²) in [5, 5.41) is 2.82. The van der Waals surface area contributed by atoms with Crippen molar-refractivity contribution < 1.29 is 18.0 Å². The van der Waals surface area contributed by atoms with Crippen molar-refractivity contribution >= 4 is 27.3 Å². The summed E-state index contributed by atoms with van der Waals surface area (Å²) in [6, 6.07) is 13.6. The first-order valence-electron chi connectivity index (χ1n) is 8.71. The van der Waals surface area contributed by atoms with Gasteiger partial charge < -0.3 is 10.2 Å². The first kappa shape index (κ1) is 19.1. The van der Waals surface area contributed by atoms with Gasteiger partial charge in [-0.3, -0.25) is 9.59 Å². The lowest BCUT2D eigenvalue weighted by Crippen LogP contribution is -2.37. The van der Waals surface area contributed by atoms with Crippen LogP contribution < -0.4 is 5.32 Å². The molecule has 1 aliphatic rings. The largest absolute Gasteiger partial charge is 0.338 e. The first-order valence-corrected chi connectivity index (χ1v) is 10.5. The highest BCUT2D eigenvalue weighted by molar-refractivity contribution is 7.91. The van der Waals surface area contributed by atoms with E-state index in [1.807, 2.05) is 31.2 Å². The number of anilines is 1. The fourth-order valence-corrected chi connectivity index (χ4v) is 4.91. The maximum atomic E-state index is 12.6. The Balaban J connectivity index is 1.67. The monoisotopic (exact) mass is 386 g/mol. The van der Waals surface area contributed by atoms with E-state index >= 15 is 0 Å². The fraction of sp³-hybridized carbons (Fsp3) is 0.300. The number of amides is 2. The van der Waals surface area contributed by atoms with Crippen molar-refractivity contribution in [2.45, 2.75) is 19.4 Å². The highest BCUT2D eigenvalue weighted by Crippen LogP contribution is 2.19. The van der Waals surface area contributed by atoms with E-state index in [1.165, 1.54) is 4.90 Å². The molecule has 7 heteroatoms. The van der Waals surface area contributed by atoms with E-state index in [9.17, 15) is 18.0 Å². The lowest BCUT2D eigenvalue weighted by molar-refractivity contribution is 0.0747. The number of carbonyl (C=O) groups excluding carboxylic acids is 2. The molecule has 1 aliphatic heterocycles. The van der Waals surface area contributed by atoms with Crippen molar-refractivity contribution in [3.05, 3.63) is 65.2 Å². The number of rotatable bonds is 4. The third-order valence-corrected chi connectivity index (χ3v) is 6.50. The van der Waals surface area contributed by atoms with Crippen LogP contribution in [0.25, 0.3) is 0 Å². The van der Waals surface area contributed by atoms with Gasteiger partial charge in [0.05, 0.1) is 11.5 Å². The van der Waals surface area contributed by atoms with Crippen LogP contribution in [0.3, 0.4) is 0 Å². The van der Waals surface area contributed by atoms with Gasteiger partial charge in [-0.1, -0.05) is 12.1 Å². The van der Waals surface area contributed by atoms with Crippen LogP contribution in [0.1, 0.15) is 32.7 Å². The van der Waals surface area contributed by atoms with E-state index in [-0.39, 0.29) is 29.4 Å². The Bertz CT molecular complexity index is 968. The highest BCUT2D eigenvalue weighted by Gasteiger charge is 2.33. The predicted molar refractivity (Wildman–Crippen MR) is 105 cm³/mol. The van der Waals surface area contributed by atoms with Gasteiger partial charge in [0.2, 0.25) is 0 Å². The maximum absolute atomic E-state index is 12.6. The Morgan fingerprint density at radius 1 is 1.07 bits per heavy atom. The van der Waals surface area contributed by atoms with Crippen molar-refractivity contribution in [1.82, 2.24) is 4.90 Å². The van der Waals surface area contributed by atoms with E-state index in [4.69, 9.17) is 0 Å². The van der Waals surface area contributed by atoms with Crippen LogP contribution in [0.15, 0.2) is 48.5 Å². The third-order valence-electron chi connectivity index (χ3n) is 4.75. The topological polar surface area (TPSA) is 83.6 Å². The fourth-order valence-electron chi connectivity index (χ4n) is 3.14. The summed E-state index contributed by atoms with van der Waals surface area (Å²) in [7, 11) is -1.44. The number of hydrogen-bond acceptors (Lipinski definition) is 4. The Hall–Kier alpha value is -2.67. The van der Waals surface area contributed by atoms with Gasteiger partial charge in [0.1, 0.15) is 0 Å². The van der Waals surface area contributed by atoms with Gasteiger partial charge in [0.15, 0.2) is 9.84 Å². The number of nitrogens with zero attached hydrogens (tertiary/aromatic N) is 1. The number of carbonyl (C=O) groups is 2. The van der Waals surface area contributed by atoms with Crippen LogP contribution in [0, 0.1) is 6.92 Å². The second-order valence-electron chi connectivity index (χ2n) is 6.87. The summed E-state index contributed by atoms with van der Waals surface area (Å²) in [5.41, 5.74) is 2.63. The summed E-state index contributed by atoms with van der Waals surface area (Å²) in [6.07, 6.45) is 0.460. The third kappa shape index (κ3) is 4.54. The molecule has 0 aromatic heterocycles. The van der Waals surface area contributed by atoms with Crippen molar-refractivity contribution in [2.24, 2.45) is 0 Å². The smallest absolute Gasteiger partial charge is 0.255 e. The minimum absolute atomic E-state index is 0.00617.